The second-order valence-electron chi connectivity index (χ2n) is 5.70. The van der Waals surface area contributed by atoms with E-state index in [4.69, 9.17) is 9.88 Å². The van der Waals surface area contributed by atoms with Crippen LogP contribution in [0.25, 0.3) is 11.1 Å². The Kier molecular flexibility index (Phi) is 4.90. The number of cyclic esters (lactones) is 1. The van der Waals surface area contributed by atoms with Crippen LogP contribution in [-0.2, 0) is 19.6 Å². The molecule has 1 aliphatic rings. The molecule has 0 bridgehead atoms. The maximum Gasteiger partial charge on any atom is 0.573 e. The van der Waals surface area contributed by atoms with E-state index < -0.39 is 38.8 Å². The summed E-state index contributed by atoms with van der Waals surface area (Å²) in [6, 6.07) is 7.65. The molecule has 0 aromatic heterocycles. The minimum absolute atomic E-state index is 0.0650. The zero-order valence-corrected chi connectivity index (χ0v) is 14.6. The Labute approximate surface area is 156 Å². The number of halogens is 4. The predicted octanol–water partition coefficient (Wildman–Crippen LogP) is 2.84. The van der Waals surface area contributed by atoms with Crippen LogP contribution in [-0.4, -0.2) is 27.4 Å². The summed E-state index contributed by atoms with van der Waals surface area (Å²) in [5, 5.41) is 4.90. The molecule has 0 fully saturated rings. The molecular weight excluding hydrogens is 406 g/mol. The highest BCUT2D eigenvalue weighted by Crippen LogP contribution is 2.35. The van der Waals surface area contributed by atoms with E-state index >= 15 is 0 Å². The summed E-state index contributed by atoms with van der Waals surface area (Å²) in [6.45, 7) is -0.271. The van der Waals surface area contributed by atoms with E-state index in [2.05, 4.69) is 4.74 Å². The van der Waals surface area contributed by atoms with Crippen molar-refractivity contribution in [1.29, 1.82) is 0 Å². The normalized spacial score (nSPS) is 15.0. The van der Waals surface area contributed by atoms with E-state index in [9.17, 15) is 30.8 Å². The van der Waals surface area contributed by atoms with Gasteiger partial charge in [-0.15, -0.1) is 13.2 Å². The lowest BCUT2D eigenvalue weighted by Crippen LogP contribution is -2.17. The topological polar surface area (TPSA) is 95.7 Å². The van der Waals surface area contributed by atoms with Gasteiger partial charge in [-0.3, -0.25) is 0 Å². The van der Waals surface area contributed by atoms with Crippen molar-refractivity contribution in [2.75, 3.05) is 6.61 Å². The molecule has 28 heavy (non-hydrogen) atoms. The average Bonchev–Trinajstić information content (AvgIpc) is 2.94. The van der Waals surface area contributed by atoms with Crippen LogP contribution in [0.1, 0.15) is 11.1 Å². The summed E-state index contributed by atoms with van der Waals surface area (Å²) in [4.78, 5) is 11.4. The fourth-order valence-electron chi connectivity index (χ4n) is 2.69. The van der Waals surface area contributed by atoms with Gasteiger partial charge in [-0.2, -0.15) is 0 Å². The van der Waals surface area contributed by atoms with Gasteiger partial charge in [0.25, 0.3) is 0 Å². The zero-order chi connectivity index (χ0) is 20.7. The Balaban J connectivity index is 2.09. The molecule has 148 valence electrons. The summed E-state index contributed by atoms with van der Waals surface area (Å²) in [7, 11) is -4.29. The fourth-order valence-corrected chi connectivity index (χ4v) is 3.28. The Morgan fingerprint density at radius 2 is 1.79 bits per heavy atom. The number of benzene rings is 2. The Morgan fingerprint density at radius 3 is 2.39 bits per heavy atom. The molecule has 11 heteroatoms. The number of hydrogen-bond acceptors (Lipinski definition) is 5. The molecule has 0 radical (unpaired) electrons. The molecule has 0 saturated heterocycles. The van der Waals surface area contributed by atoms with Gasteiger partial charge in [0.2, 0.25) is 10.0 Å². The summed E-state index contributed by atoms with van der Waals surface area (Å²) in [5.74, 6) is -2.51. The van der Waals surface area contributed by atoms with Gasteiger partial charge in [0, 0.05) is 5.57 Å². The highest BCUT2D eigenvalue weighted by Gasteiger charge is 2.32. The van der Waals surface area contributed by atoms with Crippen LogP contribution in [0.4, 0.5) is 17.6 Å². The number of carbonyl (C=O) groups excluding carboxylic acids is 1. The van der Waals surface area contributed by atoms with Gasteiger partial charge in [0.1, 0.15) is 23.1 Å². The lowest BCUT2D eigenvalue weighted by molar-refractivity contribution is -0.274. The van der Waals surface area contributed by atoms with Crippen LogP contribution in [0.3, 0.4) is 0 Å². The third-order valence-electron chi connectivity index (χ3n) is 3.80. The number of rotatable bonds is 4. The second kappa shape index (κ2) is 6.91. The predicted molar refractivity (Wildman–Crippen MR) is 88.7 cm³/mol. The monoisotopic (exact) mass is 417 g/mol. The number of sulfonamides is 1. The minimum atomic E-state index is -4.92. The molecule has 1 heterocycles. The number of nitrogens with two attached hydrogens (primary N) is 1. The van der Waals surface area contributed by atoms with E-state index in [1.807, 2.05) is 0 Å². The van der Waals surface area contributed by atoms with Gasteiger partial charge < -0.3 is 9.47 Å². The van der Waals surface area contributed by atoms with Crippen molar-refractivity contribution in [1.82, 2.24) is 0 Å². The van der Waals surface area contributed by atoms with E-state index in [1.165, 1.54) is 18.2 Å². The first-order valence-electron chi connectivity index (χ1n) is 7.55. The highest BCUT2D eigenvalue weighted by molar-refractivity contribution is 7.89. The first-order chi connectivity index (χ1) is 13.0. The lowest BCUT2D eigenvalue weighted by Gasteiger charge is -2.11. The van der Waals surface area contributed by atoms with Crippen molar-refractivity contribution in [2.45, 2.75) is 11.3 Å². The Bertz CT molecular complexity index is 1090. The summed E-state index contributed by atoms with van der Waals surface area (Å²) in [5.41, 5.74) is 0.271. The quantitative estimate of drug-likeness (QED) is 0.610. The Hall–Kier alpha value is -2.92. The highest BCUT2D eigenvalue weighted by atomic mass is 32.2. The lowest BCUT2D eigenvalue weighted by atomic mass is 9.96. The standard InChI is InChI=1S/C17H11F4NO5S/c18-13-7-9(4-5-14(13)28(22,24)25)12-8-26-16(23)15(12)10-2-1-3-11(6-10)27-17(19,20)21/h1-7H,8H2,(H2,22,24,25). The first kappa shape index (κ1) is 19.8. The molecule has 0 atom stereocenters. The number of primary sulfonamides is 1. The molecule has 0 unspecified atom stereocenters. The van der Waals surface area contributed by atoms with E-state index in [0.717, 1.165) is 24.3 Å². The van der Waals surface area contributed by atoms with Crippen molar-refractivity contribution < 1.29 is 40.2 Å². The van der Waals surface area contributed by atoms with Crippen LogP contribution in [0.5, 0.6) is 5.75 Å². The first-order valence-corrected chi connectivity index (χ1v) is 9.09. The molecule has 2 aromatic carbocycles. The van der Waals surface area contributed by atoms with Crippen molar-refractivity contribution in [3.63, 3.8) is 0 Å². The SMILES string of the molecule is NS(=O)(=O)c1ccc(C2=C(c3cccc(OC(F)(F)F)c3)C(=O)OC2)cc1F. The molecule has 0 saturated carbocycles. The van der Waals surface area contributed by atoms with Gasteiger partial charge >= 0.3 is 12.3 Å². The number of alkyl halides is 3. The summed E-state index contributed by atoms with van der Waals surface area (Å²) < 4.78 is 82.8. The zero-order valence-electron chi connectivity index (χ0n) is 13.8. The van der Waals surface area contributed by atoms with E-state index in [0.29, 0.717) is 0 Å². The van der Waals surface area contributed by atoms with E-state index in [1.54, 1.807) is 0 Å². The molecular formula is C17H11F4NO5S. The van der Waals surface area contributed by atoms with Crippen LogP contribution in [0, 0.1) is 5.82 Å². The molecule has 6 nitrogen and oxygen atoms in total. The van der Waals surface area contributed by atoms with Crippen LogP contribution < -0.4 is 9.88 Å². The minimum Gasteiger partial charge on any atom is -0.457 e. The van der Waals surface area contributed by atoms with Crippen molar-refractivity contribution in [2.24, 2.45) is 5.14 Å². The van der Waals surface area contributed by atoms with Crippen LogP contribution in [0.2, 0.25) is 0 Å². The summed E-state index contributed by atoms with van der Waals surface area (Å²) >= 11 is 0. The van der Waals surface area contributed by atoms with E-state index in [-0.39, 0.29) is 28.9 Å². The van der Waals surface area contributed by atoms with Crippen LogP contribution in [0.15, 0.2) is 47.4 Å². The third kappa shape index (κ3) is 4.15. The number of esters is 1. The molecule has 3 rings (SSSR count). The van der Waals surface area contributed by atoms with Gasteiger partial charge in [-0.25, -0.2) is 22.7 Å². The Morgan fingerprint density at radius 1 is 1.07 bits per heavy atom. The average molecular weight is 417 g/mol. The van der Waals surface area contributed by atoms with Crippen LogP contribution >= 0.6 is 0 Å². The smallest absolute Gasteiger partial charge is 0.457 e. The molecule has 0 amide bonds. The van der Waals surface area contributed by atoms with Crippen molar-refractivity contribution in [3.05, 3.63) is 59.4 Å². The van der Waals surface area contributed by atoms with Crippen molar-refractivity contribution in [3.8, 4) is 5.75 Å². The molecule has 2 N–H and O–H groups in total. The molecule has 0 aliphatic carbocycles. The largest absolute Gasteiger partial charge is 0.573 e. The van der Waals surface area contributed by atoms with Crippen molar-refractivity contribution >= 4 is 27.1 Å². The van der Waals surface area contributed by atoms with Gasteiger partial charge in [-0.05, 0) is 35.4 Å². The third-order valence-corrected chi connectivity index (χ3v) is 4.74. The molecule has 2 aromatic rings. The van der Waals surface area contributed by atoms with Gasteiger partial charge in [-0.1, -0.05) is 18.2 Å². The fraction of sp³-hybridized carbons (Fsp3) is 0.118. The maximum absolute atomic E-state index is 14.1. The van der Waals surface area contributed by atoms with Gasteiger partial charge in [0.05, 0.1) is 5.57 Å². The number of ether oxygens (including phenoxy) is 2. The second-order valence-corrected chi connectivity index (χ2v) is 7.23. The molecule has 0 spiro atoms. The number of carbonyl (C=O) groups is 1. The van der Waals surface area contributed by atoms with Gasteiger partial charge in [0.15, 0.2) is 0 Å². The maximum atomic E-state index is 14.1. The summed E-state index contributed by atoms with van der Waals surface area (Å²) in [6.07, 6.45) is -4.92. The number of hydrogen-bond donors (Lipinski definition) is 1. The molecule has 1 aliphatic heterocycles.